The van der Waals surface area contributed by atoms with Gasteiger partial charge in [-0.05, 0) is 42.2 Å². The Labute approximate surface area is 136 Å². The van der Waals surface area contributed by atoms with E-state index in [9.17, 15) is 9.59 Å². The SMILES string of the molecule is O=C(OCC(=O)N1CCc2ccccc2C1)[C@H]1C[C@@H]2C=C[C@H]1C2. The minimum absolute atomic E-state index is 0.0418. The summed E-state index contributed by atoms with van der Waals surface area (Å²) in [7, 11) is 0. The van der Waals surface area contributed by atoms with Crippen LogP contribution in [0.15, 0.2) is 36.4 Å². The predicted molar refractivity (Wildman–Crippen MR) is 85.4 cm³/mol. The van der Waals surface area contributed by atoms with Crippen LogP contribution in [0.1, 0.15) is 24.0 Å². The number of allylic oxidation sites excluding steroid dienone is 2. The van der Waals surface area contributed by atoms with Gasteiger partial charge in [0.05, 0.1) is 5.92 Å². The molecule has 1 amide bonds. The van der Waals surface area contributed by atoms with Crippen molar-refractivity contribution in [3.63, 3.8) is 0 Å². The molecule has 3 aliphatic rings. The molecule has 0 saturated heterocycles. The van der Waals surface area contributed by atoms with E-state index in [0.29, 0.717) is 24.9 Å². The van der Waals surface area contributed by atoms with Crippen LogP contribution in [0.5, 0.6) is 0 Å². The Morgan fingerprint density at radius 1 is 1.13 bits per heavy atom. The third-order valence-electron chi connectivity index (χ3n) is 5.40. The van der Waals surface area contributed by atoms with E-state index in [1.807, 2.05) is 12.1 Å². The fraction of sp³-hybridized carbons (Fsp3) is 0.474. The summed E-state index contributed by atoms with van der Waals surface area (Å²) in [6.07, 6.45) is 7.14. The molecule has 0 aromatic heterocycles. The van der Waals surface area contributed by atoms with Gasteiger partial charge in [-0.3, -0.25) is 9.59 Å². The van der Waals surface area contributed by atoms with Crippen molar-refractivity contribution in [2.75, 3.05) is 13.2 Å². The fourth-order valence-corrected chi connectivity index (χ4v) is 4.09. The van der Waals surface area contributed by atoms with E-state index in [1.54, 1.807) is 4.90 Å². The van der Waals surface area contributed by atoms with Crippen LogP contribution in [0.3, 0.4) is 0 Å². The molecule has 4 heteroatoms. The molecule has 1 aromatic carbocycles. The summed E-state index contributed by atoms with van der Waals surface area (Å²) in [4.78, 5) is 26.3. The second-order valence-electron chi connectivity index (χ2n) is 6.83. The highest BCUT2D eigenvalue weighted by molar-refractivity contribution is 5.82. The zero-order chi connectivity index (χ0) is 15.8. The smallest absolute Gasteiger partial charge is 0.310 e. The Hall–Kier alpha value is -2.10. The first kappa shape index (κ1) is 14.5. The van der Waals surface area contributed by atoms with E-state index in [0.717, 1.165) is 19.3 Å². The molecule has 4 rings (SSSR count). The number of esters is 1. The van der Waals surface area contributed by atoms with Crippen LogP contribution >= 0.6 is 0 Å². The van der Waals surface area contributed by atoms with Gasteiger partial charge in [0, 0.05) is 13.1 Å². The summed E-state index contributed by atoms with van der Waals surface area (Å²) in [5.74, 6) is 0.523. The zero-order valence-electron chi connectivity index (χ0n) is 13.1. The minimum Gasteiger partial charge on any atom is -0.455 e. The molecule has 0 N–H and O–H groups in total. The topological polar surface area (TPSA) is 46.6 Å². The number of fused-ring (bicyclic) bond motifs is 3. The van der Waals surface area contributed by atoms with E-state index < -0.39 is 0 Å². The van der Waals surface area contributed by atoms with Crippen molar-refractivity contribution in [3.05, 3.63) is 47.5 Å². The molecule has 0 radical (unpaired) electrons. The Kier molecular flexibility index (Phi) is 3.68. The maximum absolute atomic E-state index is 12.3. The number of ether oxygens (including phenoxy) is 1. The molecule has 1 heterocycles. The fourth-order valence-electron chi connectivity index (χ4n) is 4.09. The number of nitrogens with zero attached hydrogens (tertiary/aromatic N) is 1. The van der Waals surface area contributed by atoms with Crippen LogP contribution in [-0.4, -0.2) is 29.9 Å². The van der Waals surface area contributed by atoms with E-state index in [4.69, 9.17) is 4.74 Å². The van der Waals surface area contributed by atoms with Crippen molar-refractivity contribution in [2.24, 2.45) is 17.8 Å². The molecule has 23 heavy (non-hydrogen) atoms. The average molecular weight is 311 g/mol. The number of carbonyl (C=O) groups excluding carboxylic acids is 2. The van der Waals surface area contributed by atoms with Crippen LogP contribution in [-0.2, 0) is 27.3 Å². The minimum atomic E-state index is -0.201. The number of benzene rings is 1. The van der Waals surface area contributed by atoms with Gasteiger partial charge in [0.15, 0.2) is 6.61 Å². The Morgan fingerprint density at radius 2 is 1.96 bits per heavy atom. The lowest BCUT2D eigenvalue weighted by molar-refractivity contribution is -0.156. The zero-order valence-corrected chi connectivity index (χ0v) is 13.1. The van der Waals surface area contributed by atoms with Gasteiger partial charge in [0.2, 0.25) is 0 Å². The Balaban J connectivity index is 1.31. The number of hydrogen-bond donors (Lipinski definition) is 0. The number of amides is 1. The monoisotopic (exact) mass is 311 g/mol. The van der Waals surface area contributed by atoms with E-state index in [-0.39, 0.29) is 24.4 Å². The van der Waals surface area contributed by atoms with Crippen molar-refractivity contribution in [2.45, 2.75) is 25.8 Å². The second kappa shape index (κ2) is 5.84. The van der Waals surface area contributed by atoms with Gasteiger partial charge < -0.3 is 9.64 Å². The number of hydrogen-bond acceptors (Lipinski definition) is 3. The highest BCUT2D eigenvalue weighted by atomic mass is 16.5. The predicted octanol–water partition coefficient (Wildman–Crippen LogP) is 2.33. The lowest BCUT2D eigenvalue weighted by Gasteiger charge is -2.29. The molecular weight excluding hydrogens is 290 g/mol. The maximum Gasteiger partial charge on any atom is 0.310 e. The molecule has 1 fully saturated rings. The van der Waals surface area contributed by atoms with E-state index in [1.165, 1.54) is 11.1 Å². The third kappa shape index (κ3) is 2.78. The van der Waals surface area contributed by atoms with Crippen LogP contribution < -0.4 is 0 Å². The molecule has 1 aliphatic heterocycles. The first-order chi connectivity index (χ1) is 11.2. The first-order valence-corrected chi connectivity index (χ1v) is 8.40. The van der Waals surface area contributed by atoms with Crippen molar-refractivity contribution < 1.29 is 14.3 Å². The van der Waals surface area contributed by atoms with E-state index in [2.05, 4.69) is 24.3 Å². The first-order valence-electron chi connectivity index (χ1n) is 8.40. The maximum atomic E-state index is 12.3. The largest absolute Gasteiger partial charge is 0.455 e. The Morgan fingerprint density at radius 3 is 2.70 bits per heavy atom. The molecule has 3 atom stereocenters. The highest BCUT2D eigenvalue weighted by Crippen LogP contribution is 2.43. The molecule has 0 unspecified atom stereocenters. The summed E-state index contributed by atoms with van der Waals surface area (Å²) in [5.41, 5.74) is 2.50. The average Bonchev–Trinajstić information content (AvgIpc) is 3.22. The summed E-state index contributed by atoms with van der Waals surface area (Å²) >= 11 is 0. The van der Waals surface area contributed by atoms with Crippen LogP contribution in [0.4, 0.5) is 0 Å². The molecule has 2 aliphatic carbocycles. The molecule has 4 nitrogen and oxygen atoms in total. The van der Waals surface area contributed by atoms with Gasteiger partial charge in [0.25, 0.3) is 5.91 Å². The summed E-state index contributed by atoms with van der Waals surface area (Å²) in [6, 6.07) is 8.19. The van der Waals surface area contributed by atoms with E-state index >= 15 is 0 Å². The van der Waals surface area contributed by atoms with Crippen molar-refractivity contribution in [3.8, 4) is 0 Å². The van der Waals surface area contributed by atoms with Gasteiger partial charge in [0.1, 0.15) is 0 Å². The van der Waals surface area contributed by atoms with Gasteiger partial charge >= 0.3 is 5.97 Å². The quantitative estimate of drug-likeness (QED) is 0.636. The van der Waals surface area contributed by atoms with Gasteiger partial charge in [-0.15, -0.1) is 0 Å². The molecular formula is C19H21NO3. The summed E-state index contributed by atoms with van der Waals surface area (Å²) in [5, 5.41) is 0. The standard InChI is InChI=1S/C19H21NO3/c21-18(20-8-7-14-3-1-2-4-16(14)11-20)12-23-19(22)17-10-13-5-6-15(17)9-13/h1-6,13,15,17H,7-12H2/t13-,15+,17+/m1/s1. The lowest BCUT2D eigenvalue weighted by atomic mass is 9.94. The van der Waals surface area contributed by atoms with Gasteiger partial charge in [-0.25, -0.2) is 0 Å². The highest BCUT2D eigenvalue weighted by Gasteiger charge is 2.41. The Bertz CT molecular complexity index is 666. The summed E-state index contributed by atoms with van der Waals surface area (Å²) < 4.78 is 5.32. The van der Waals surface area contributed by atoms with Crippen molar-refractivity contribution in [1.82, 2.24) is 4.90 Å². The molecule has 1 saturated carbocycles. The van der Waals surface area contributed by atoms with Crippen LogP contribution in [0.2, 0.25) is 0 Å². The van der Waals surface area contributed by atoms with Gasteiger partial charge in [-0.2, -0.15) is 0 Å². The molecule has 2 bridgehead atoms. The third-order valence-corrected chi connectivity index (χ3v) is 5.40. The molecule has 1 aromatic rings. The van der Waals surface area contributed by atoms with Crippen LogP contribution in [0, 0.1) is 17.8 Å². The lowest BCUT2D eigenvalue weighted by Crippen LogP contribution is -2.39. The van der Waals surface area contributed by atoms with Crippen molar-refractivity contribution >= 4 is 11.9 Å². The molecule has 0 spiro atoms. The number of rotatable bonds is 3. The normalized spacial score (nSPS) is 27.8. The van der Waals surface area contributed by atoms with Gasteiger partial charge in [-0.1, -0.05) is 36.4 Å². The van der Waals surface area contributed by atoms with Crippen molar-refractivity contribution in [1.29, 1.82) is 0 Å². The number of carbonyl (C=O) groups is 2. The van der Waals surface area contributed by atoms with Crippen LogP contribution in [0.25, 0.3) is 0 Å². The second-order valence-corrected chi connectivity index (χ2v) is 6.83. The molecule has 120 valence electrons. The summed E-state index contributed by atoms with van der Waals surface area (Å²) in [6.45, 7) is 1.19.